The average Bonchev–Trinajstić information content (AvgIpc) is 3.01. The molecular formula is C16H21N3O2. The quantitative estimate of drug-likeness (QED) is 0.912. The van der Waals surface area contributed by atoms with Crippen molar-refractivity contribution in [3.63, 3.8) is 0 Å². The van der Waals surface area contributed by atoms with Crippen LogP contribution in [0.2, 0.25) is 0 Å². The predicted molar refractivity (Wildman–Crippen MR) is 80.3 cm³/mol. The maximum atomic E-state index is 5.52. The maximum Gasteiger partial charge on any atom is 0.234 e. The minimum Gasteiger partial charge on any atom is -0.385 e. The molecule has 0 spiro atoms. The monoisotopic (exact) mass is 287 g/mol. The lowest BCUT2D eigenvalue weighted by Gasteiger charge is -2.23. The normalized spacial score (nSPS) is 18.9. The summed E-state index contributed by atoms with van der Waals surface area (Å²) in [4.78, 5) is 4.59. The molecule has 3 rings (SSSR count). The van der Waals surface area contributed by atoms with Crippen LogP contribution in [0.25, 0.3) is 0 Å². The van der Waals surface area contributed by atoms with E-state index in [1.807, 2.05) is 12.1 Å². The summed E-state index contributed by atoms with van der Waals surface area (Å²) in [6, 6.07) is 8.30. The van der Waals surface area contributed by atoms with E-state index in [2.05, 4.69) is 34.5 Å². The fourth-order valence-electron chi connectivity index (χ4n) is 2.86. The highest BCUT2D eigenvalue weighted by Gasteiger charge is 2.27. The number of nitrogens with one attached hydrogen (secondary N) is 1. The van der Waals surface area contributed by atoms with E-state index in [9.17, 15) is 0 Å². The van der Waals surface area contributed by atoms with E-state index in [1.54, 1.807) is 7.11 Å². The lowest BCUT2D eigenvalue weighted by atomic mass is 9.91. The second kappa shape index (κ2) is 6.26. The van der Waals surface area contributed by atoms with Crippen LogP contribution in [-0.4, -0.2) is 23.8 Å². The second-order valence-electron chi connectivity index (χ2n) is 5.36. The standard InChI is InChI=1S/C16H21N3O2/c1-3-6-14(20-2)15-18-16(21-19-15)12-9-10-17-13-8-5-4-7-11(12)13/h4-5,7-8,12,14,17H,3,6,9-10H2,1-2H3. The van der Waals surface area contributed by atoms with Crippen LogP contribution in [0, 0.1) is 0 Å². The van der Waals surface area contributed by atoms with Gasteiger partial charge in [-0.3, -0.25) is 0 Å². The zero-order chi connectivity index (χ0) is 14.7. The van der Waals surface area contributed by atoms with Gasteiger partial charge in [0.05, 0.1) is 5.92 Å². The van der Waals surface area contributed by atoms with Gasteiger partial charge in [-0.2, -0.15) is 4.98 Å². The largest absolute Gasteiger partial charge is 0.385 e. The Hall–Kier alpha value is -1.88. The summed E-state index contributed by atoms with van der Waals surface area (Å²) in [7, 11) is 1.69. The molecule has 5 nitrogen and oxygen atoms in total. The molecule has 1 aliphatic rings. The predicted octanol–water partition coefficient (Wildman–Crippen LogP) is 3.50. The topological polar surface area (TPSA) is 60.2 Å². The summed E-state index contributed by atoms with van der Waals surface area (Å²) in [5, 5.41) is 7.53. The Bertz CT molecular complexity index is 597. The first-order valence-electron chi connectivity index (χ1n) is 7.52. The fourth-order valence-corrected chi connectivity index (χ4v) is 2.86. The molecule has 1 aromatic heterocycles. The Morgan fingerprint density at radius 3 is 3.10 bits per heavy atom. The molecule has 2 aromatic rings. The Morgan fingerprint density at radius 1 is 1.43 bits per heavy atom. The SMILES string of the molecule is CCCC(OC)c1noc(C2CCNc3ccccc32)n1. The molecule has 0 radical (unpaired) electrons. The zero-order valence-corrected chi connectivity index (χ0v) is 12.5. The van der Waals surface area contributed by atoms with Crippen LogP contribution in [0.5, 0.6) is 0 Å². The number of para-hydroxylation sites is 1. The average molecular weight is 287 g/mol. The molecule has 2 unspecified atom stereocenters. The smallest absolute Gasteiger partial charge is 0.234 e. The molecule has 2 heterocycles. The van der Waals surface area contributed by atoms with E-state index >= 15 is 0 Å². The summed E-state index contributed by atoms with van der Waals surface area (Å²) in [5.74, 6) is 1.52. The lowest BCUT2D eigenvalue weighted by Crippen LogP contribution is -2.17. The Morgan fingerprint density at radius 2 is 2.29 bits per heavy atom. The number of hydrogen-bond donors (Lipinski definition) is 1. The van der Waals surface area contributed by atoms with E-state index in [1.165, 1.54) is 5.56 Å². The molecule has 0 bridgehead atoms. The molecule has 1 aliphatic heterocycles. The van der Waals surface area contributed by atoms with Crippen molar-refractivity contribution >= 4 is 5.69 Å². The van der Waals surface area contributed by atoms with Crippen LogP contribution >= 0.6 is 0 Å². The van der Waals surface area contributed by atoms with Gasteiger partial charge in [0.15, 0.2) is 0 Å². The van der Waals surface area contributed by atoms with Gasteiger partial charge in [-0.1, -0.05) is 36.7 Å². The number of anilines is 1. The Kier molecular flexibility index (Phi) is 4.20. The van der Waals surface area contributed by atoms with E-state index in [4.69, 9.17) is 9.26 Å². The van der Waals surface area contributed by atoms with E-state index in [0.717, 1.165) is 31.5 Å². The van der Waals surface area contributed by atoms with Crippen LogP contribution in [0.15, 0.2) is 28.8 Å². The minimum atomic E-state index is -0.0792. The third kappa shape index (κ3) is 2.78. The van der Waals surface area contributed by atoms with Crippen LogP contribution < -0.4 is 5.32 Å². The number of hydrogen-bond acceptors (Lipinski definition) is 5. The van der Waals surface area contributed by atoms with Gasteiger partial charge in [0.25, 0.3) is 0 Å². The highest BCUT2D eigenvalue weighted by atomic mass is 16.5. The second-order valence-corrected chi connectivity index (χ2v) is 5.36. The van der Waals surface area contributed by atoms with E-state index in [0.29, 0.717) is 11.7 Å². The molecule has 1 N–H and O–H groups in total. The van der Waals surface area contributed by atoms with Crippen LogP contribution in [0.3, 0.4) is 0 Å². The van der Waals surface area contributed by atoms with Crippen LogP contribution in [0.4, 0.5) is 5.69 Å². The first-order chi connectivity index (χ1) is 10.3. The number of fused-ring (bicyclic) bond motifs is 1. The molecule has 0 fully saturated rings. The molecule has 0 saturated carbocycles. The number of methoxy groups -OCH3 is 1. The zero-order valence-electron chi connectivity index (χ0n) is 12.5. The molecular weight excluding hydrogens is 266 g/mol. The number of benzene rings is 1. The van der Waals surface area contributed by atoms with Gasteiger partial charge in [-0.25, -0.2) is 0 Å². The van der Waals surface area contributed by atoms with Gasteiger partial charge in [-0.05, 0) is 24.5 Å². The first kappa shape index (κ1) is 14.1. The highest BCUT2D eigenvalue weighted by molar-refractivity contribution is 5.56. The first-order valence-corrected chi connectivity index (χ1v) is 7.52. The summed E-state index contributed by atoms with van der Waals surface area (Å²) >= 11 is 0. The third-order valence-corrected chi connectivity index (χ3v) is 3.96. The van der Waals surface area contributed by atoms with Gasteiger partial charge in [0.1, 0.15) is 6.10 Å². The molecule has 21 heavy (non-hydrogen) atoms. The van der Waals surface area contributed by atoms with E-state index < -0.39 is 0 Å². The molecule has 0 aliphatic carbocycles. The van der Waals surface area contributed by atoms with Crippen molar-refractivity contribution < 1.29 is 9.26 Å². The Labute approximate surface area is 124 Å². The maximum absolute atomic E-state index is 5.52. The van der Waals surface area contributed by atoms with Gasteiger partial charge in [0, 0.05) is 19.3 Å². The number of nitrogens with zero attached hydrogens (tertiary/aromatic N) is 2. The molecule has 1 aromatic carbocycles. The minimum absolute atomic E-state index is 0.0792. The molecule has 112 valence electrons. The molecule has 0 saturated heterocycles. The summed E-state index contributed by atoms with van der Waals surface area (Å²) < 4.78 is 11.0. The number of ether oxygens (including phenoxy) is 1. The van der Waals surface area contributed by atoms with E-state index in [-0.39, 0.29) is 12.0 Å². The summed E-state index contributed by atoms with van der Waals surface area (Å²) in [6.45, 7) is 3.04. The van der Waals surface area contributed by atoms with Gasteiger partial charge in [-0.15, -0.1) is 0 Å². The van der Waals surface area contributed by atoms with Crippen molar-refractivity contribution in [2.75, 3.05) is 19.0 Å². The van der Waals surface area contributed by atoms with Crippen LogP contribution in [0.1, 0.15) is 55.5 Å². The third-order valence-electron chi connectivity index (χ3n) is 3.96. The highest BCUT2D eigenvalue weighted by Crippen LogP contribution is 2.36. The molecule has 5 heteroatoms. The van der Waals surface area contributed by atoms with Crippen molar-refractivity contribution in [3.8, 4) is 0 Å². The van der Waals surface area contributed by atoms with Gasteiger partial charge in [0.2, 0.25) is 11.7 Å². The van der Waals surface area contributed by atoms with Crippen molar-refractivity contribution in [2.45, 2.75) is 38.2 Å². The van der Waals surface area contributed by atoms with Gasteiger partial charge >= 0.3 is 0 Å². The number of aromatic nitrogens is 2. The van der Waals surface area contributed by atoms with Crippen molar-refractivity contribution in [2.24, 2.45) is 0 Å². The van der Waals surface area contributed by atoms with Gasteiger partial charge < -0.3 is 14.6 Å². The molecule has 0 amide bonds. The van der Waals surface area contributed by atoms with Crippen molar-refractivity contribution in [1.82, 2.24) is 10.1 Å². The Balaban J connectivity index is 1.87. The van der Waals surface area contributed by atoms with Crippen molar-refractivity contribution in [3.05, 3.63) is 41.5 Å². The number of rotatable bonds is 5. The lowest BCUT2D eigenvalue weighted by molar-refractivity contribution is 0.0854. The summed E-state index contributed by atoms with van der Waals surface area (Å²) in [6.07, 6.45) is 2.81. The van der Waals surface area contributed by atoms with Crippen LogP contribution in [-0.2, 0) is 4.74 Å². The summed E-state index contributed by atoms with van der Waals surface area (Å²) in [5.41, 5.74) is 2.38. The fraction of sp³-hybridized carbons (Fsp3) is 0.500. The van der Waals surface area contributed by atoms with Crippen molar-refractivity contribution in [1.29, 1.82) is 0 Å². The molecule has 2 atom stereocenters.